The molecule has 0 bridgehead atoms. The van der Waals surface area contributed by atoms with Crippen LogP contribution in [0.15, 0.2) is 0 Å². The molecule has 0 spiro atoms. The number of rotatable bonds is 7. The Hall–Kier alpha value is -1.10. The molecule has 13 heavy (non-hydrogen) atoms. The summed E-state index contributed by atoms with van der Waals surface area (Å²) >= 11 is 0. The summed E-state index contributed by atoms with van der Waals surface area (Å²) in [7, 11) is 0. The quantitative estimate of drug-likeness (QED) is 0.338. The fraction of sp³-hybridized carbons (Fsp3) is 0.750. The highest BCUT2D eigenvalue weighted by Gasteiger charge is 2.24. The first-order chi connectivity index (χ1) is 6.02. The van der Waals surface area contributed by atoms with Crippen LogP contribution in [0.4, 0.5) is 0 Å². The van der Waals surface area contributed by atoms with Crippen LogP contribution in [-0.4, -0.2) is 24.6 Å². The van der Waals surface area contributed by atoms with E-state index in [1.807, 2.05) is 0 Å². The van der Waals surface area contributed by atoms with Crippen molar-refractivity contribution in [2.24, 2.45) is 0 Å². The lowest BCUT2D eigenvalue weighted by atomic mass is 10.0. The minimum absolute atomic E-state index is 0.201. The third kappa shape index (κ3) is 6.10. The molecule has 0 heterocycles. The molecule has 1 unspecified atom stereocenters. The second-order valence-corrected chi connectivity index (χ2v) is 3.28. The second kappa shape index (κ2) is 5.53. The molecule has 1 atom stereocenters. The van der Waals surface area contributed by atoms with Gasteiger partial charge < -0.3 is 9.62 Å². The molecule has 0 aliphatic carbocycles. The summed E-state index contributed by atoms with van der Waals surface area (Å²) in [4.78, 5) is 28.7. The summed E-state index contributed by atoms with van der Waals surface area (Å²) in [5.41, 5.74) is -0.663. The lowest BCUT2D eigenvalue weighted by molar-refractivity contribution is -0.319. The summed E-state index contributed by atoms with van der Waals surface area (Å²) in [5.74, 6) is 0. The lowest BCUT2D eigenvalue weighted by Gasteiger charge is -2.24. The van der Waals surface area contributed by atoms with E-state index in [2.05, 4.69) is 9.62 Å². The Morgan fingerprint density at radius 1 is 1.31 bits per heavy atom. The minimum atomic E-state index is -0.663. The summed E-state index contributed by atoms with van der Waals surface area (Å²) in [6.45, 7) is 5.75. The van der Waals surface area contributed by atoms with Crippen LogP contribution in [0.1, 0.15) is 27.2 Å². The van der Waals surface area contributed by atoms with Gasteiger partial charge in [-0.05, 0) is 20.8 Å². The van der Waals surface area contributed by atoms with Gasteiger partial charge in [-0.3, -0.25) is 9.59 Å². The Morgan fingerprint density at radius 3 is 2.38 bits per heavy atom. The van der Waals surface area contributed by atoms with Gasteiger partial charge in [0.1, 0.15) is 11.7 Å². The highest BCUT2D eigenvalue weighted by Crippen LogP contribution is 2.17. The molecule has 0 fully saturated rings. The predicted octanol–water partition coefficient (Wildman–Crippen LogP) is 0.821. The van der Waals surface area contributed by atoms with Gasteiger partial charge in [0.25, 0.3) is 6.47 Å². The van der Waals surface area contributed by atoms with Crippen LogP contribution in [0.2, 0.25) is 0 Å². The van der Waals surface area contributed by atoms with Gasteiger partial charge in [-0.15, -0.1) is 0 Å². The van der Waals surface area contributed by atoms with Crippen LogP contribution < -0.4 is 0 Å². The Balaban J connectivity index is 3.84. The Bertz CT molecular complexity index is 166. The zero-order valence-corrected chi connectivity index (χ0v) is 7.98. The van der Waals surface area contributed by atoms with E-state index in [1.54, 1.807) is 20.8 Å². The van der Waals surface area contributed by atoms with Crippen molar-refractivity contribution in [3.8, 4) is 0 Å². The van der Waals surface area contributed by atoms with E-state index in [4.69, 9.17) is 4.89 Å². The summed E-state index contributed by atoms with van der Waals surface area (Å²) in [6.07, 6.45) is 0.169. The first-order valence-electron chi connectivity index (χ1n) is 3.89. The molecule has 0 N–H and O–H groups in total. The number of carbonyl (C=O) groups is 2. The maximum Gasteiger partial charge on any atom is 0.330 e. The van der Waals surface area contributed by atoms with Crippen LogP contribution in [0.5, 0.6) is 0 Å². The molecule has 5 heteroatoms. The van der Waals surface area contributed by atoms with E-state index in [-0.39, 0.29) is 12.6 Å². The molecule has 0 aliphatic rings. The number of hydrogen-bond acceptors (Lipinski definition) is 5. The molecule has 0 aliphatic heterocycles. The van der Waals surface area contributed by atoms with E-state index in [0.29, 0.717) is 12.9 Å². The van der Waals surface area contributed by atoms with Crippen LogP contribution >= 0.6 is 0 Å². The smallest absolute Gasteiger partial charge is 0.330 e. The normalized spacial score (nSPS) is 13.2. The van der Waals surface area contributed by atoms with Crippen LogP contribution in [0, 0.1) is 0 Å². The molecule has 0 amide bonds. The fourth-order valence-electron chi connectivity index (χ4n) is 1.02. The fourth-order valence-corrected chi connectivity index (χ4v) is 1.02. The van der Waals surface area contributed by atoms with Gasteiger partial charge in [0.15, 0.2) is 0 Å². The molecule has 5 nitrogen and oxygen atoms in total. The van der Waals surface area contributed by atoms with Crippen molar-refractivity contribution < 1.29 is 24.1 Å². The zero-order chi connectivity index (χ0) is 10.3. The van der Waals surface area contributed by atoms with Crippen LogP contribution in [0.25, 0.3) is 0 Å². The molecular formula is C8H14O5. The van der Waals surface area contributed by atoms with Crippen molar-refractivity contribution in [2.75, 3.05) is 0 Å². The average Bonchev–Trinajstić information content (AvgIpc) is 2.00. The summed E-state index contributed by atoms with van der Waals surface area (Å²) in [5, 5.41) is 0. The molecule has 0 aromatic carbocycles. The standard InChI is InChI=1S/C8H14O5/c1-7(11-5-9)4-8(2,3)13-12-6-10/h5-7H,4H2,1-3H3. The zero-order valence-electron chi connectivity index (χ0n) is 7.98. The third-order valence-corrected chi connectivity index (χ3v) is 1.38. The SMILES string of the molecule is CC(CC(C)(C)OOC=O)OC=O. The molecule has 76 valence electrons. The van der Waals surface area contributed by atoms with E-state index in [0.717, 1.165) is 0 Å². The Morgan fingerprint density at radius 2 is 1.92 bits per heavy atom. The van der Waals surface area contributed by atoms with E-state index >= 15 is 0 Å². The minimum Gasteiger partial charge on any atom is -0.465 e. The molecule has 0 radical (unpaired) electrons. The number of ether oxygens (including phenoxy) is 1. The van der Waals surface area contributed by atoms with Gasteiger partial charge in [0.05, 0.1) is 0 Å². The van der Waals surface area contributed by atoms with E-state index < -0.39 is 5.60 Å². The van der Waals surface area contributed by atoms with Gasteiger partial charge in [0, 0.05) is 6.42 Å². The first-order valence-corrected chi connectivity index (χ1v) is 3.89. The number of hydrogen-bond donors (Lipinski definition) is 0. The lowest BCUT2D eigenvalue weighted by Crippen LogP contribution is -2.30. The van der Waals surface area contributed by atoms with Crippen LogP contribution in [0.3, 0.4) is 0 Å². The second-order valence-electron chi connectivity index (χ2n) is 3.28. The monoisotopic (exact) mass is 190 g/mol. The van der Waals surface area contributed by atoms with Crippen LogP contribution in [-0.2, 0) is 24.1 Å². The van der Waals surface area contributed by atoms with Crippen molar-refractivity contribution >= 4 is 12.9 Å². The van der Waals surface area contributed by atoms with Gasteiger partial charge in [-0.1, -0.05) is 0 Å². The molecular weight excluding hydrogens is 176 g/mol. The van der Waals surface area contributed by atoms with E-state index in [1.165, 1.54) is 0 Å². The molecule has 0 saturated heterocycles. The summed E-state index contributed by atoms with van der Waals surface area (Å²) < 4.78 is 4.65. The number of carbonyl (C=O) groups excluding carboxylic acids is 2. The molecule has 0 aromatic rings. The Labute approximate surface area is 76.9 Å². The van der Waals surface area contributed by atoms with Gasteiger partial charge in [-0.2, -0.15) is 4.89 Å². The highest BCUT2D eigenvalue weighted by molar-refractivity contribution is 5.37. The van der Waals surface area contributed by atoms with Crippen molar-refractivity contribution in [3.05, 3.63) is 0 Å². The summed E-state index contributed by atoms with van der Waals surface area (Å²) in [6, 6.07) is 0. The van der Waals surface area contributed by atoms with Gasteiger partial charge >= 0.3 is 6.47 Å². The topological polar surface area (TPSA) is 61.8 Å². The first kappa shape index (κ1) is 11.9. The highest BCUT2D eigenvalue weighted by atomic mass is 17.2. The van der Waals surface area contributed by atoms with Gasteiger partial charge in [-0.25, -0.2) is 0 Å². The van der Waals surface area contributed by atoms with Gasteiger partial charge in [0.2, 0.25) is 0 Å². The Kier molecular flexibility index (Phi) is 5.06. The predicted molar refractivity (Wildman–Crippen MR) is 43.5 cm³/mol. The largest absolute Gasteiger partial charge is 0.465 e. The van der Waals surface area contributed by atoms with Crippen molar-refractivity contribution in [3.63, 3.8) is 0 Å². The third-order valence-electron chi connectivity index (χ3n) is 1.38. The van der Waals surface area contributed by atoms with Crippen molar-refractivity contribution in [2.45, 2.75) is 38.9 Å². The average molecular weight is 190 g/mol. The maximum absolute atomic E-state index is 9.96. The molecule has 0 aromatic heterocycles. The van der Waals surface area contributed by atoms with E-state index in [9.17, 15) is 9.59 Å². The van der Waals surface area contributed by atoms with Crippen molar-refractivity contribution in [1.29, 1.82) is 0 Å². The van der Waals surface area contributed by atoms with Crippen molar-refractivity contribution in [1.82, 2.24) is 0 Å². The molecule has 0 rings (SSSR count). The maximum atomic E-state index is 9.96. The molecule has 0 saturated carbocycles.